The monoisotopic (exact) mass is 185 g/mol. The van der Waals surface area contributed by atoms with Crippen LogP contribution in [0.1, 0.15) is 12.7 Å². The molecule has 1 atom stereocenters. The maximum Gasteiger partial charge on any atom is 0.332 e. The van der Waals surface area contributed by atoms with Gasteiger partial charge in [0.05, 0.1) is 0 Å². The Morgan fingerprint density at radius 1 is 1.85 bits per heavy atom. The van der Waals surface area contributed by atoms with E-state index in [-0.39, 0.29) is 6.61 Å². The second-order valence-corrected chi connectivity index (χ2v) is 2.65. The summed E-state index contributed by atoms with van der Waals surface area (Å²) in [7, 11) is 1.77. The van der Waals surface area contributed by atoms with E-state index in [1.807, 2.05) is 0 Å². The summed E-state index contributed by atoms with van der Waals surface area (Å²) >= 11 is 0. The molecule has 0 saturated carbocycles. The number of aryl methyl sites for hydroxylation is 1. The van der Waals surface area contributed by atoms with Crippen molar-refractivity contribution in [1.29, 1.82) is 0 Å². The van der Waals surface area contributed by atoms with Gasteiger partial charge < -0.3 is 14.4 Å². The summed E-state index contributed by atoms with van der Waals surface area (Å²) in [6.07, 6.45) is 0.709. The average Bonchev–Trinajstić information content (AvgIpc) is 2.47. The van der Waals surface area contributed by atoms with Crippen molar-refractivity contribution in [2.45, 2.75) is 19.6 Å². The zero-order valence-electron chi connectivity index (χ0n) is 7.47. The van der Waals surface area contributed by atoms with Gasteiger partial charge in [0.2, 0.25) is 0 Å². The van der Waals surface area contributed by atoms with Crippen LogP contribution in [-0.4, -0.2) is 31.9 Å². The number of hydrogen-bond donors (Lipinski definition) is 1. The maximum atomic E-state index is 10.4. The molecule has 1 aromatic heterocycles. The molecular weight excluding hydrogens is 174 g/mol. The number of nitrogens with zero attached hydrogens (tertiary/aromatic N) is 3. The summed E-state index contributed by atoms with van der Waals surface area (Å²) < 4.78 is 6.68. The summed E-state index contributed by atoms with van der Waals surface area (Å²) in [6, 6.07) is 0. The Morgan fingerprint density at radius 3 is 3.00 bits per heavy atom. The molecule has 72 valence electrons. The number of rotatable bonds is 4. The Balaban J connectivity index is 2.44. The first-order valence-electron chi connectivity index (χ1n) is 3.78. The van der Waals surface area contributed by atoms with Crippen molar-refractivity contribution in [2.24, 2.45) is 7.05 Å². The lowest BCUT2D eigenvalue weighted by molar-refractivity contribution is -0.150. The van der Waals surface area contributed by atoms with Crippen LogP contribution in [0.5, 0.6) is 0 Å². The van der Waals surface area contributed by atoms with Crippen LogP contribution in [0.25, 0.3) is 0 Å². The van der Waals surface area contributed by atoms with Gasteiger partial charge in [-0.05, 0) is 6.92 Å². The largest absolute Gasteiger partial charge is 0.479 e. The van der Waals surface area contributed by atoms with Crippen molar-refractivity contribution in [2.75, 3.05) is 0 Å². The Labute approximate surface area is 75.2 Å². The van der Waals surface area contributed by atoms with Crippen molar-refractivity contribution >= 4 is 5.97 Å². The molecule has 6 nitrogen and oxygen atoms in total. The molecular formula is C7H11N3O3. The zero-order valence-corrected chi connectivity index (χ0v) is 7.47. The fourth-order valence-corrected chi connectivity index (χ4v) is 0.709. The Kier molecular flexibility index (Phi) is 2.97. The Bertz CT molecular complexity index is 297. The molecule has 0 aromatic carbocycles. The molecule has 0 aliphatic heterocycles. The summed E-state index contributed by atoms with van der Waals surface area (Å²) in [5.74, 6) is -0.379. The van der Waals surface area contributed by atoms with Gasteiger partial charge in [0, 0.05) is 7.05 Å². The van der Waals surface area contributed by atoms with Crippen LogP contribution in [0.3, 0.4) is 0 Å². The van der Waals surface area contributed by atoms with Crippen LogP contribution in [0.4, 0.5) is 0 Å². The van der Waals surface area contributed by atoms with Crippen molar-refractivity contribution in [3.63, 3.8) is 0 Å². The van der Waals surface area contributed by atoms with Gasteiger partial charge in [-0.2, -0.15) is 0 Å². The van der Waals surface area contributed by atoms with Gasteiger partial charge in [0.15, 0.2) is 11.9 Å². The van der Waals surface area contributed by atoms with E-state index in [1.165, 1.54) is 13.3 Å². The zero-order chi connectivity index (χ0) is 9.84. The van der Waals surface area contributed by atoms with E-state index in [0.29, 0.717) is 5.82 Å². The fraction of sp³-hybridized carbons (Fsp3) is 0.571. The van der Waals surface area contributed by atoms with Crippen molar-refractivity contribution in [3.8, 4) is 0 Å². The third-order valence-corrected chi connectivity index (χ3v) is 1.62. The standard InChI is InChI=1S/C7H11N3O3/c1-5(7(11)12)13-3-6-9-8-4-10(6)2/h4-5H,3H2,1-2H3,(H,11,12)/t5-/m0/s1. The number of carboxylic acid groups (broad SMARTS) is 1. The molecule has 0 spiro atoms. The fourth-order valence-electron chi connectivity index (χ4n) is 0.709. The molecule has 0 fully saturated rings. The van der Waals surface area contributed by atoms with Gasteiger partial charge in [-0.1, -0.05) is 0 Å². The normalized spacial score (nSPS) is 12.8. The van der Waals surface area contributed by atoms with Crippen molar-refractivity contribution in [3.05, 3.63) is 12.2 Å². The summed E-state index contributed by atoms with van der Waals surface area (Å²) in [4.78, 5) is 10.4. The minimum atomic E-state index is -0.984. The van der Waals surface area contributed by atoms with Crippen LogP contribution >= 0.6 is 0 Å². The molecule has 13 heavy (non-hydrogen) atoms. The van der Waals surface area contributed by atoms with Gasteiger partial charge in [-0.3, -0.25) is 0 Å². The van der Waals surface area contributed by atoms with Gasteiger partial charge in [-0.15, -0.1) is 10.2 Å². The second kappa shape index (κ2) is 3.99. The first kappa shape index (κ1) is 9.66. The Hall–Kier alpha value is -1.43. The highest BCUT2D eigenvalue weighted by Crippen LogP contribution is 1.98. The summed E-state index contributed by atoms with van der Waals surface area (Å²) in [6.45, 7) is 1.63. The minimum Gasteiger partial charge on any atom is -0.479 e. The van der Waals surface area contributed by atoms with Gasteiger partial charge in [0.25, 0.3) is 0 Å². The van der Waals surface area contributed by atoms with Gasteiger partial charge in [-0.25, -0.2) is 4.79 Å². The molecule has 1 N–H and O–H groups in total. The Morgan fingerprint density at radius 2 is 2.54 bits per heavy atom. The van der Waals surface area contributed by atoms with Crippen molar-refractivity contribution < 1.29 is 14.6 Å². The second-order valence-electron chi connectivity index (χ2n) is 2.65. The number of ether oxygens (including phenoxy) is 1. The van der Waals surface area contributed by atoms with Crippen LogP contribution in [0.15, 0.2) is 6.33 Å². The first-order valence-corrected chi connectivity index (χ1v) is 3.78. The molecule has 0 aliphatic rings. The van der Waals surface area contributed by atoms with Crippen molar-refractivity contribution in [1.82, 2.24) is 14.8 Å². The van der Waals surface area contributed by atoms with E-state index in [0.717, 1.165) is 0 Å². The first-order chi connectivity index (χ1) is 6.11. The lowest BCUT2D eigenvalue weighted by atomic mass is 10.4. The maximum absolute atomic E-state index is 10.4. The lowest BCUT2D eigenvalue weighted by Crippen LogP contribution is -2.20. The summed E-state index contributed by atoms with van der Waals surface area (Å²) in [5.41, 5.74) is 0. The third-order valence-electron chi connectivity index (χ3n) is 1.62. The predicted molar refractivity (Wildman–Crippen MR) is 42.9 cm³/mol. The van der Waals surface area contributed by atoms with E-state index in [1.54, 1.807) is 11.6 Å². The molecule has 0 amide bonds. The van der Waals surface area contributed by atoms with E-state index >= 15 is 0 Å². The topological polar surface area (TPSA) is 77.2 Å². The highest BCUT2D eigenvalue weighted by atomic mass is 16.5. The number of carboxylic acids is 1. The molecule has 1 rings (SSSR count). The molecule has 0 radical (unpaired) electrons. The third kappa shape index (κ3) is 2.51. The van der Waals surface area contributed by atoms with Crippen LogP contribution < -0.4 is 0 Å². The van der Waals surface area contributed by atoms with Crippen LogP contribution in [-0.2, 0) is 23.2 Å². The number of carbonyl (C=O) groups is 1. The quantitative estimate of drug-likeness (QED) is 0.703. The average molecular weight is 185 g/mol. The van der Waals surface area contributed by atoms with E-state index in [9.17, 15) is 4.79 Å². The van der Waals surface area contributed by atoms with E-state index in [4.69, 9.17) is 9.84 Å². The van der Waals surface area contributed by atoms with E-state index in [2.05, 4.69) is 10.2 Å². The summed E-state index contributed by atoms with van der Waals surface area (Å²) in [5, 5.41) is 15.9. The predicted octanol–water partition coefficient (Wildman–Crippen LogP) is -0.195. The SMILES string of the molecule is C[C@H](OCc1nncn1C)C(=O)O. The molecule has 1 heterocycles. The molecule has 0 unspecified atom stereocenters. The number of hydrogen-bond acceptors (Lipinski definition) is 4. The van der Waals surface area contributed by atoms with Gasteiger partial charge in [0.1, 0.15) is 12.9 Å². The molecule has 1 aromatic rings. The highest BCUT2D eigenvalue weighted by Gasteiger charge is 2.12. The van der Waals surface area contributed by atoms with Crippen LogP contribution in [0, 0.1) is 0 Å². The van der Waals surface area contributed by atoms with Crippen LogP contribution in [0.2, 0.25) is 0 Å². The highest BCUT2D eigenvalue weighted by molar-refractivity contribution is 5.71. The van der Waals surface area contributed by atoms with Gasteiger partial charge >= 0.3 is 5.97 Å². The molecule has 0 aliphatic carbocycles. The molecule has 0 bridgehead atoms. The number of aliphatic carboxylic acids is 1. The number of aromatic nitrogens is 3. The van der Waals surface area contributed by atoms with E-state index < -0.39 is 12.1 Å². The smallest absolute Gasteiger partial charge is 0.332 e. The lowest BCUT2D eigenvalue weighted by Gasteiger charge is -2.06. The molecule has 6 heteroatoms. The molecule has 0 saturated heterocycles. The minimum absolute atomic E-state index is 0.157.